The van der Waals surface area contributed by atoms with Gasteiger partial charge in [0.1, 0.15) is 5.60 Å². The lowest BCUT2D eigenvalue weighted by atomic mass is 9.97. The molecule has 1 aliphatic rings. The molecule has 0 aromatic heterocycles. The molecule has 0 bridgehead atoms. The summed E-state index contributed by atoms with van der Waals surface area (Å²) in [6.45, 7) is 6.39. The summed E-state index contributed by atoms with van der Waals surface area (Å²) in [7, 11) is 0. The van der Waals surface area contributed by atoms with E-state index in [1.54, 1.807) is 0 Å². The first-order valence-electron chi connectivity index (χ1n) is 5.94. The van der Waals surface area contributed by atoms with Gasteiger partial charge in [-0.3, -0.25) is 0 Å². The topological polar surface area (TPSA) is 38.8 Å². The molecule has 3 nitrogen and oxygen atoms in total. The maximum absolute atomic E-state index is 11.8. The molecule has 1 aromatic rings. The van der Waals surface area contributed by atoms with Crippen LogP contribution in [-0.2, 0) is 19.9 Å². The van der Waals surface area contributed by atoms with E-state index in [0.717, 1.165) is 5.56 Å². The van der Waals surface area contributed by atoms with Crippen LogP contribution in [0, 0.1) is 5.92 Å². The maximum Gasteiger partial charge on any atom is 0.338 e. The van der Waals surface area contributed by atoms with E-state index in [1.165, 1.54) is 0 Å². The van der Waals surface area contributed by atoms with E-state index in [4.69, 9.17) is 9.47 Å². The molecule has 1 aliphatic heterocycles. The summed E-state index contributed by atoms with van der Waals surface area (Å²) in [4.78, 5) is 11.8. The second-order valence-corrected chi connectivity index (χ2v) is 4.99. The van der Waals surface area contributed by atoms with Crippen molar-refractivity contribution in [1.29, 1.82) is 0 Å². The Morgan fingerprint density at radius 1 is 1.41 bits per heavy atom. The third-order valence-electron chi connectivity index (χ3n) is 2.93. The summed E-state index contributed by atoms with van der Waals surface area (Å²) < 4.78 is 10.7. The fraction of sp³-hybridized carbons (Fsp3) is 0.500. The van der Waals surface area contributed by atoms with Gasteiger partial charge < -0.3 is 9.47 Å². The molecule has 2 rings (SSSR count). The Hall–Kier alpha value is -1.35. The number of rotatable bonds is 4. The van der Waals surface area contributed by atoms with Crippen LogP contribution in [0.1, 0.15) is 26.3 Å². The van der Waals surface area contributed by atoms with Gasteiger partial charge in [0.15, 0.2) is 6.10 Å². The summed E-state index contributed by atoms with van der Waals surface area (Å²) in [6, 6.07) is 9.77. The molecule has 0 radical (unpaired) electrons. The van der Waals surface area contributed by atoms with Crippen LogP contribution in [0.3, 0.4) is 0 Å². The molecule has 0 spiro atoms. The first kappa shape index (κ1) is 12.1. The van der Waals surface area contributed by atoms with E-state index in [-0.39, 0.29) is 5.97 Å². The van der Waals surface area contributed by atoms with Crippen molar-refractivity contribution in [3.05, 3.63) is 35.9 Å². The number of benzene rings is 1. The Balaban J connectivity index is 1.97. The van der Waals surface area contributed by atoms with Crippen molar-refractivity contribution in [2.45, 2.75) is 32.5 Å². The summed E-state index contributed by atoms with van der Waals surface area (Å²) in [5, 5.41) is 0. The largest absolute Gasteiger partial charge is 0.463 e. The monoisotopic (exact) mass is 234 g/mol. The molecule has 0 unspecified atom stereocenters. The first-order valence-corrected chi connectivity index (χ1v) is 5.94. The minimum absolute atomic E-state index is 0.259. The molecule has 0 saturated carbocycles. The van der Waals surface area contributed by atoms with Crippen LogP contribution < -0.4 is 0 Å². The third-order valence-corrected chi connectivity index (χ3v) is 2.93. The van der Waals surface area contributed by atoms with Gasteiger partial charge >= 0.3 is 5.97 Å². The maximum atomic E-state index is 11.8. The quantitative estimate of drug-likeness (QED) is 0.593. The molecule has 0 aliphatic carbocycles. The Bertz CT molecular complexity index is 399. The van der Waals surface area contributed by atoms with Crippen LogP contribution in [0.15, 0.2) is 30.3 Å². The Morgan fingerprint density at radius 2 is 2.06 bits per heavy atom. The van der Waals surface area contributed by atoms with E-state index in [2.05, 4.69) is 0 Å². The standard InChI is InChI=1S/C14H18O3/c1-10(2)9-16-13(15)12-14(3,17-12)11-7-5-4-6-8-11/h4-8,10,12H,9H2,1-3H3/t12-,14-/m1/s1. The minimum Gasteiger partial charge on any atom is -0.463 e. The molecule has 0 N–H and O–H groups in total. The normalized spacial score (nSPS) is 26.9. The lowest BCUT2D eigenvalue weighted by molar-refractivity contribution is -0.146. The fourth-order valence-electron chi connectivity index (χ4n) is 1.80. The molecular formula is C14H18O3. The zero-order valence-electron chi connectivity index (χ0n) is 10.5. The van der Waals surface area contributed by atoms with Crippen molar-refractivity contribution in [2.24, 2.45) is 5.92 Å². The fourth-order valence-corrected chi connectivity index (χ4v) is 1.80. The summed E-state index contributed by atoms with van der Waals surface area (Å²) in [5.41, 5.74) is 0.515. The molecule has 1 saturated heterocycles. The average molecular weight is 234 g/mol. The van der Waals surface area contributed by atoms with Crippen LogP contribution in [0.25, 0.3) is 0 Å². The third kappa shape index (κ3) is 2.50. The number of ether oxygens (including phenoxy) is 2. The van der Waals surface area contributed by atoms with Crippen molar-refractivity contribution in [1.82, 2.24) is 0 Å². The molecule has 92 valence electrons. The van der Waals surface area contributed by atoms with E-state index in [0.29, 0.717) is 12.5 Å². The summed E-state index contributed by atoms with van der Waals surface area (Å²) in [6.07, 6.45) is -0.455. The lowest BCUT2D eigenvalue weighted by Crippen LogP contribution is -2.20. The molecule has 0 amide bonds. The number of hydrogen-bond acceptors (Lipinski definition) is 3. The molecule has 1 fully saturated rings. The van der Waals surface area contributed by atoms with Crippen LogP contribution in [0.5, 0.6) is 0 Å². The van der Waals surface area contributed by atoms with Gasteiger partial charge in [0.05, 0.1) is 6.61 Å². The highest BCUT2D eigenvalue weighted by Crippen LogP contribution is 2.46. The number of hydrogen-bond donors (Lipinski definition) is 0. The predicted octanol–water partition coefficient (Wildman–Crippen LogP) is 2.50. The van der Waals surface area contributed by atoms with E-state index < -0.39 is 11.7 Å². The van der Waals surface area contributed by atoms with Gasteiger partial charge in [-0.1, -0.05) is 44.2 Å². The predicted molar refractivity (Wildman–Crippen MR) is 64.5 cm³/mol. The SMILES string of the molecule is CC(C)COC(=O)[C@H]1O[C@]1(C)c1ccccc1. The molecule has 1 heterocycles. The van der Waals surface area contributed by atoms with Crippen LogP contribution in [0.4, 0.5) is 0 Å². The highest BCUT2D eigenvalue weighted by atomic mass is 16.7. The minimum atomic E-state index is -0.505. The van der Waals surface area contributed by atoms with Crippen molar-refractivity contribution >= 4 is 5.97 Å². The second kappa shape index (κ2) is 4.49. The van der Waals surface area contributed by atoms with Gasteiger partial charge in [-0.2, -0.15) is 0 Å². The number of carbonyl (C=O) groups is 1. The van der Waals surface area contributed by atoms with Gasteiger partial charge in [-0.15, -0.1) is 0 Å². The smallest absolute Gasteiger partial charge is 0.338 e. The molecular weight excluding hydrogens is 216 g/mol. The second-order valence-electron chi connectivity index (χ2n) is 4.99. The first-order chi connectivity index (χ1) is 8.04. The van der Waals surface area contributed by atoms with Crippen molar-refractivity contribution in [2.75, 3.05) is 6.61 Å². The molecule has 3 heteroatoms. The highest BCUT2D eigenvalue weighted by Gasteiger charge is 2.59. The summed E-state index contributed by atoms with van der Waals surface area (Å²) in [5.74, 6) is 0.0886. The van der Waals surface area contributed by atoms with Gasteiger partial charge in [0.2, 0.25) is 0 Å². The number of epoxide rings is 1. The van der Waals surface area contributed by atoms with Gasteiger partial charge in [-0.25, -0.2) is 4.79 Å². The zero-order valence-corrected chi connectivity index (χ0v) is 10.5. The van der Waals surface area contributed by atoms with Crippen LogP contribution in [-0.4, -0.2) is 18.7 Å². The highest BCUT2D eigenvalue weighted by molar-refractivity contribution is 5.79. The molecule has 2 atom stereocenters. The van der Waals surface area contributed by atoms with Crippen LogP contribution >= 0.6 is 0 Å². The lowest BCUT2D eigenvalue weighted by Gasteiger charge is -2.08. The van der Waals surface area contributed by atoms with Gasteiger partial charge in [-0.05, 0) is 18.4 Å². The van der Waals surface area contributed by atoms with Crippen molar-refractivity contribution < 1.29 is 14.3 Å². The van der Waals surface area contributed by atoms with Crippen LogP contribution in [0.2, 0.25) is 0 Å². The Kier molecular flexibility index (Phi) is 3.20. The zero-order chi connectivity index (χ0) is 12.5. The summed E-state index contributed by atoms with van der Waals surface area (Å²) >= 11 is 0. The van der Waals surface area contributed by atoms with E-state index in [9.17, 15) is 4.79 Å². The van der Waals surface area contributed by atoms with Crippen molar-refractivity contribution in [3.8, 4) is 0 Å². The number of esters is 1. The van der Waals surface area contributed by atoms with E-state index in [1.807, 2.05) is 51.1 Å². The Morgan fingerprint density at radius 3 is 2.65 bits per heavy atom. The number of carbonyl (C=O) groups excluding carboxylic acids is 1. The van der Waals surface area contributed by atoms with Gasteiger partial charge in [0.25, 0.3) is 0 Å². The molecule has 1 aromatic carbocycles. The average Bonchev–Trinajstić information content (AvgIpc) is 3.01. The van der Waals surface area contributed by atoms with Crippen molar-refractivity contribution in [3.63, 3.8) is 0 Å². The molecule has 17 heavy (non-hydrogen) atoms. The van der Waals surface area contributed by atoms with E-state index >= 15 is 0 Å². The Labute approximate surface area is 102 Å². The van der Waals surface area contributed by atoms with Gasteiger partial charge in [0, 0.05) is 0 Å².